The highest BCUT2D eigenvalue weighted by Gasteiger charge is 2.63. The van der Waals surface area contributed by atoms with Gasteiger partial charge >= 0.3 is 0 Å². The monoisotopic (exact) mass is 443 g/mol. The largest absolute Gasteiger partial charge is 0.379 e. The van der Waals surface area contributed by atoms with Crippen LogP contribution < -0.4 is 9.80 Å². The number of hydrogen-bond acceptors (Lipinski definition) is 5. The summed E-state index contributed by atoms with van der Waals surface area (Å²) < 4.78 is 5.45. The Bertz CT molecular complexity index is 995. The maximum absolute atomic E-state index is 14.0. The molecule has 2 fully saturated rings. The first-order valence-electron chi connectivity index (χ1n) is 10.0. The predicted octanol–water partition coefficient (Wildman–Crippen LogP) is 3.30. The van der Waals surface area contributed by atoms with E-state index in [0.717, 1.165) is 24.3 Å². The Morgan fingerprint density at radius 3 is 2.53 bits per heavy atom. The molecule has 0 radical (unpaired) electrons. The van der Waals surface area contributed by atoms with E-state index >= 15 is 0 Å². The lowest BCUT2D eigenvalue weighted by molar-refractivity contribution is -0.124. The number of thioether (sulfide) groups is 1. The molecule has 0 aromatic heterocycles. The van der Waals surface area contributed by atoms with Crippen LogP contribution in [0.3, 0.4) is 0 Å². The molecule has 0 unspecified atom stereocenters. The first-order valence-corrected chi connectivity index (χ1v) is 11.3. The molecular formula is C22H22ClN3O3S. The molecule has 8 heteroatoms. The van der Waals surface area contributed by atoms with Crippen molar-refractivity contribution in [2.45, 2.75) is 17.0 Å². The van der Waals surface area contributed by atoms with Crippen molar-refractivity contribution in [3.05, 3.63) is 59.1 Å². The molecule has 2 amide bonds. The zero-order valence-electron chi connectivity index (χ0n) is 16.6. The number of morpholine rings is 1. The Morgan fingerprint density at radius 2 is 1.80 bits per heavy atom. The maximum atomic E-state index is 14.0. The third-order valence-corrected chi connectivity index (χ3v) is 7.58. The quantitative estimate of drug-likeness (QED) is 0.728. The van der Waals surface area contributed by atoms with Crippen molar-refractivity contribution in [2.75, 3.05) is 42.8 Å². The average molecular weight is 444 g/mol. The van der Waals surface area contributed by atoms with E-state index < -0.39 is 4.87 Å². The highest BCUT2D eigenvalue weighted by atomic mass is 35.5. The Balaban J connectivity index is 1.61. The van der Waals surface area contributed by atoms with Crippen LogP contribution in [0.2, 0.25) is 5.02 Å². The van der Waals surface area contributed by atoms with Gasteiger partial charge in [0, 0.05) is 29.4 Å². The fraction of sp³-hybridized carbons (Fsp3) is 0.364. The summed E-state index contributed by atoms with van der Waals surface area (Å²) in [6.07, 6.45) is 0. The number of benzene rings is 2. The summed E-state index contributed by atoms with van der Waals surface area (Å²) in [7, 11) is 0. The summed E-state index contributed by atoms with van der Waals surface area (Å²) in [5.74, 6) is -0.147. The maximum Gasteiger partial charge on any atom is 0.269 e. The Labute approximate surface area is 184 Å². The lowest BCUT2D eigenvalue weighted by atomic mass is 10.0. The van der Waals surface area contributed by atoms with Gasteiger partial charge in [-0.3, -0.25) is 24.3 Å². The van der Waals surface area contributed by atoms with Crippen LogP contribution in [-0.4, -0.2) is 54.9 Å². The molecule has 6 nitrogen and oxygen atoms in total. The van der Waals surface area contributed by atoms with Crippen molar-refractivity contribution in [2.24, 2.45) is 0 Å². The highest BCUT2D eigenvalue weighted by Crippen LogP contribution is 2.57. The second-order valence-corrected chi connectivity index (χ2v) is 9.65. The number of amides is 2. The molecule has 3 heterocycles. The van der Waals surface area contributed by atoms with Crippen LogP contribution in [0.15, 0.2) is 48.5 Å². The van der Waals surface area contributed by atoms with Crippen molar-refractivity contribution in [1.82, 2.24) is 4.90 Å². The molecule has 30 heavy (non-hydrogen) atoms. The SMILES string of the molecule is C[C@H]1S[C@]2(C(=O)N(CN3CCOCC3)c3ccccc32)N(c2ccc(Cl)cc2)C1=O. The zero-order chi connectivity index (χ0) is 20.9. The summed E-state index contributed by atoms with van der Waals surface area (Å²) in [6, 6.07) is 14.9. The smallest absolute Gasteiger partial charge is 0.269 e. The molecule has 0 bridgehead atoms. The Morgan fingerprint density at radius 1 is 1.10 bits per heavy atom. The van der Waals surface area contributed by atoms with E-state index in [9.17, 15) is 9.59 Å². The van der Waals surface area contributed by atoms with Gasteiger partial charge in [-0.15, -0.1) is 11.8 Å². The fourth-order valence-electron chi connectivity index (χ4n) is 4.41. The van der Waals surface area contributed by atoms with Gasteiger partial charge in [-0.1, -0.05) is 29.8 Å². The van der Waals surface area contributed by atoms with Gasteiger partial charge in [0.05, 0.1) is 30.8 Å². The van der Waals surface area contributed by atoms with Crippen LogP contribution >= 0.6 is 23.4 Å². The number of fused-ring (bicyclic) bond motifs is 2. The van der Waals surface area contributed by atoms with Gasteiger partial charge in [0.1, 0.15) is 0 Å². The average Bonchev–Trinajstić information content (AvgIpc) is 3.16. The number of anilines is 2. The van der Waals surface area contributed by atoms with Crippen LogP contribution in [0, 0.1) is 0 Å². The number of carbonyl (C=O) groups excluding carboxylic acids is 2. The number of ether oxygens (including phenoxy) is 1. The van der Waals surface area contributed by atoms with Crippen LogP contribution in [0.25, 0.3) is 0 Å². The van der Waals surface area contributed by atoms with Gasteiger partial charge in [-0.25, -0.2) is 0 Å². The zero-order valence-corrected chi connectivity index (χ0v) is 18.2. The lowest BCUT2D eigenvalue weighted by Gasteiger charge is -2.35. The van der Waals surface area contributed by atoms with Crippen LogP contribution in [0.4, 0.5) is 11.4 Å². The molecule has 2 aromatic carbocycles. The molecule has 2 saturated heterocycles. The molecule has 0 saturated carbocycles. The highest BCUT2D eigenvalue weighted by molar-refractivity contribution is 8.03. The van der Waals surface area contributed by atoms with Gasteiger partial charge in [0.25, 0.3) is 5.91 Å². The van der Waals surface area contributed by atoms with Crippen LogP contribution in [0.5, 0.6) is 0 Å². The van der Waals surface area contributed by atoms with Crippen LogP contribution in [-0.2, 0) is 19.2 Å². The molecule has 5 rings (SSSR count). The third kappa shape index (κ3) is 2.95. The molecule has 156 valence electrons. The molecule has 2 aromatic rings. The van der Waals surface area contributed by atoms with E-state index in [0.29, 0.717) is 30.6 Å². The Kier molecular flexibility index (Phi) is 5.01. The molecule has 3 aliphatic heterocycles. The number of halogens is 1. The number of nitrogens with zero attached hydrogens (tertiary/aromatic N) is 3. The van der Waals surface area contributed by atoms with Gasteiger partial charge in [-0.2, -0.15) is 0 Å². The van der Waals surface area contributed by atoms with Crippen molar-refractivity contribution in [3.63, 3.8) is 0 Å². The topological polar surface area (TPSA) is 53.1 Å². The summed E-state index contributed by atoms with van der Waals surface area (Å²) in [4.78, 5) is 31.9. The Hall–Kier alpha value is -2.06. The van der Waals surface area contributed by atoms with E-state index in [2.05, 4.69) is 4.90 Å². The summed E-state index contributed by atoms with van der Waals surface area (Å²) >= 11 is 7.49. The molecule has 0 aliphatic carbocycles. The second-order valence-electron chi connectivity index (χ2n) is 7.68. The van der Waals surface area contributed by atoms with E-state index in [4.69, 9.17) is 16.3 Å². The minimum absolute atomic E-state index is 0.0706. The van der Waals surface area contributed by atoms with Gasteiger partial charge in [0.2, 0.25) is 10.8 Å². The summed E-state index contributed by atoms with van der Waals surface area (Å²) in [5.41, 5.74) is 2.40. The van der Waals surface area contributed by atoms with Crippen molar-refractivity contribution in [3.8, 4) is 0 Å². The second kappa shape index (κ2) is 7.57. The molecule has 0 N–H and O–H groups in total. The number of carbonyl (C=O) groups is 2. The predicted molar refractivity (Wildman–Crippen MR) is 119 cm³/mol. The number of rotatable bonds is 3. The van der Waals surface area contributed by atoms with E-state index in [1.807, 2.05) is 36.1 Å². The summed E-state index contributed by atoms with van der Waals surface area (Å²) in [5, 5.41) is 0.258. The molecule has 2 atom stereocenters. The lowest BCUT2D eigenvalue weighted by Crippen LogP contribution is -2.52. The molecular weight excluding hydrogens is 422 g/mol. The number of hydrogen-bond donors (Lipinski definition) is 0. The standard InChI is InChI=1S/C22H22ClN3O3S/c1-15-20(27)26(17-8-6-16(23)7-9-17)22(30-15)18-4-2-3-5-19(18)25(21(22)28)14-24-10-12-29-13-11-24/h2-9,15H,10-14H2,1H3/t15-,22-/m1/s1. The van der Waals surface area contributed by atoms with Crippen molar-refractivity contribution < 1.29 is 14.3 Å². The first kappa shape index (κ1) is 19.9. The third-order valence-electron chi connectivity index (χ3n) is 5.86. The van der Waals surface area contributed by atoms with E-state index in [1.54, 1.807) is 29.2 Å². The van der Waals surface area contributed by atoms with Crippen LogP contribution in [0.1, 0.15) is 12.5 Å². The normalized spacial score (nSPS) is 26.7. The fourth-order valence-corrected chi connectivity index (χ4v) is 6.07. The van der Waals surface area contributed by atoms with E-state index in [1.165, 1.54) is 11.8 Å². The van der Waals surface area contributed by atoms with Gasteiger partial charge < -0.3 is 4.74 Å². The molecule has 3 aliphatic rings. The van der Waals surface area contributed by atoms with Crippen molar-refractivity contribution >= 4 is 46.6 Å². The number of para-hydroxylation sites is 1. The van der Waals surface area contributed by atoms with Gasteiger partial charge in [-0.05, 0) is 37.3 Å². The first-order chi connectivity index (χ1) is 14.5. The van der Waals surface area contributed by atoms with E-state index in [-0.39, 0.29) is 17.1 Å². The van der Waals surface area contributed by atoms with Crippen molar-refractivity contribution in [1.29, 1.82) is 0 Å². The minimum Gasteiger partial charge on any atom is -0.379 e. The summed E-state index contributed by atoms with van der Waals surface area (Å²) in [6.45, 7) is 5.24. The molecule has 1 spiro atoms. The minimum atomic E-state index is -1.10. The van der Waals surface area contributed by atoms with Gasteiger partial charge in [0.15, 0.2) is 0 Å².